The summed E-state index contributed by atoms with van der Waals surface area (Å²) in [5.74, 6) is 0.432. The van der Waals surface area contributed by atoms with Gasteiger partial charge in [0.2, 0.25) is 10.0 Å². The Kier molecular flexibility index (Phi) is 7.72. The highest BCUT2D eigenvalue weighted by Gasteiger charge is 2.18. The Bertz CT molecular complexity index is 483. The Hall–Kier alpha value is -0.430. The maximum Gasteiger partial charge on any atom is 0.250 e. The standard InChI is InChI=1S/C14H26N2O2S2/c1-4-6-7-12(5-2)10-16-20(17,18)14-8-13(9-15-3)11-19-14/h8,11-12,15-16H,4-7,9-10H2,1-3H3. The molecule has 0 aromatic carbocycles. The number of rotatable bonds is 10. The van der Waals surface area contributed by atoms with Crippen LogP contribution < -0.4 is 10.0 Å². The van der Waals surface area contributed by atoms with E-state index >= 15 is 0 Å². The topological polar surface area (TPSA) is 58.2 Å². The lowest BCUT2D eigenvalue weighted by Crippen LogP contribution is -2.28. The van der Waals surface area contributed by atoms with Crippen molar-refractivity contribution in [1.29, 1.82) is 0 Å². The number of hydrogen-bond acceptors (Lipinski definition) is 4. The highest BCUT2D eigenvalue weighted by atomic mass is 32.2. The van der Waals surface area contributed by atoms with Gasteiger partial charge in [-0.2, -0.15) is 0 Å². The second-order valence-corrected chi connectivity index (χ2v) is 7.98. The normalized spacial score (nSPS) is 13.6. The minimum atomic E-state index is -3.35. The predicted molar refractivity (Wildman–Crippen MR) is 85.6 cm³/mol. The van der Waals surface area contributed by atoms with E-state index in [-0.39, 0.29) is 0 Å². The summed E-state index contributed by atoms with van der Waals surface area (Å²) in [5.41, 5.74) is 1.01. The van der Waals surface area contributed by atoms with Crippen LogP contribution in [0.15, 0.2) is 15.7 Å². The summed E-state index contributed by atoms with van der Waals surface area (Å²) in [4.78, 5) is 0. The van der Waals surface area contributed by atoms with Crippen LogP contribution in [-0.2, 0) is 16.6 Å². The summed E-state index contributed by atoms with van der Waals surface area (Å²) >= 11 is 1.28. The van der Waals surface area contributed by atoms with Gasteiger partial charge in [-0.3, -0.25) is 0 Å². The molecule has 1 aromatic heterocycles. The van der Waals surface area contributed by atoms with Gasteiger partial charge in [0.1, 0.15) is 4.21 Å². The van der Waals surface area contributed by atoms with Gasteiger partial charge < -0.3 is 5.32 Å². The molecular weight excluding hydrogens is 292 g/mol. The molecule has 2 N–H and O–H groups in total. The molecule has 0 spiro atoms. The zero-order chi connectivity index (χ0) is 15.0. The number of unbranched alkanes of at least 4 members (excludes halogenated alkanes) is 1. The monoisotopic (exact) mass is 318 g/mol. The van der Waals surface area contributed by atoms with Gasteiger partial charge in [-0.05, 0) is 36.4 Å². The van der Waals surface area contributed by atoms with E-state index < -0.39 is 10.0 Å². The number of hydrogen-bond donors (Lipinski definition) is 2. The van der Waals surface area contributed by atoms with Crippen molar-refractivity contribution in [2.45, 2.75) is 50.3 Å². The lowest BCUT2D eigenvalue weighted by molar-refractivity contribution is 0.444. The van der Waals surface area contributed by atoms with E-state index in [1.165, 1.54) is 11.3 Å². The summed E-state index contributed by atoms with van der Waals surface area (Å²) in [6, 6.07) is 1.75. The van der Waals surface area contributed by atoms with Crippen molar-refractivity contribution in [3.05, 3.63) is 17.0 Å². The van der Waals surface area contributed by atoms with Gasteiger partial charge in [0.25, 0.3) is 0 Å². The van der Waals surface area contributed by atoms with Crippen LogP contribution in [0, 0.1) is 5.92 Å². The number of sulfonamides is 1. The number of thiophene rings is 1. The molecule has 0 radical (unpaired) electrons. The third-order valence-electron chi connectivity index (χ3n) is 3.38. The molecule has 0 fully saturated rings. The van der Waals surface area contributed by atoms with Gasteiger partial charge >= 0.3 is 0 Å². The molecule has 0 aliphatic heterocycles. The van der Waals surface area contributed by atoms with E-state index in [2.05, 4.69) is 23.9 Å². The number of nitrogens with one attached hydrogen (secondary N) is 2. The summed E-state index contributed by atoms with van der Waals surface area (Å²) in [7, 11) is -1.50. The van der Waals surface area contributed by atoms with Crippen LogP contribution in [0.2, 0.25) is 0 Å². The summed E-state index contributed by atoms with van der Waals surface area (Å²) in [5, 5.41) is 4.91. The Balaban J connectivity index is 2.59. The molecule has 1 atom stereocenters. The van der Waals surface area contributed by atoms with Crippen molar-refractivity contribution in [2.75, 3.05) is 13.6 Å². The SMILES string of the molecule is CCCCC(CC)CNS(=O)(=O)c1cc(CNC)cs1. The van der Waals surface area contributed by atoms with Crippen molar-refractivity contribution in [2.24, 2.45) is 5.92 Å². The van der Waals surface area contributed by atoms with E-state index in [0.29, 0.717) is 23.2 Å². The first-order valence-electron chi connectivity index (χ1n) is 7.25. The van der Waals surface area contributed by atoms with Gasteiger partial charge in [0.15, 0.2) is 0 Å². The van der Waals surface area contributed by atoms with E-state index in [0.717, 1.165) is 31.2 Å². The first-order chi connectivity index (χ1) is 9.53. The van der Waals surface area contributed by atoms with Crippen molar-refractivity contribution >= 4 is 21.4 Å². The van der Waals surface area contributed by atoms with Crippen LogP contribution in [0.3, 0.4) is 0 Å². The molecular formula is C14H26N2O2S2. The van der Waals surface area contributed by atoms with Gasteiger partial charge in [0.05, 0.1) is 0 Å². The van der Waals surface area contributed by atoms with E-state index in [4.69, 9.17) is 0 Å². The molecule has 0 aliphatic carbocycles. The Morgan fingerprint density at radius 2 is 2.10 bits per heavy atom. The van der Waals surface area contributed by atoms with Crippen LogP contribution in [0.5, 0.6) is 0 Å². The maximum absolute atomic E-state index is 12.2. The second-order valence-electron chi connectivity index (χ2n) is 5.07. The third-order valence-corrected chi connectivity index (χ3v) is 6.29. The molecule has 6 heteroatoms. The van der Waals surface area contributed by atoms with Gasteiger partial charge in [-0.25, -0.2) is 13.1 Å². The highest BCUT2D eigenvalue weighted by molar-refractivity contribution is 7.91. The molecule has 0 bridgehead atoms. The molecule has 1 heterocycles. The molecule has 1 unspecified atom stereocenters. The molecule has 4 nitrogen and oxygen atoms in total. The molecule has 0 saturated carbocycles. The third kappa shape index (κ3) is 5.52. The fraction of sp³-hybridized carbons (Fsp3) is 0.714. The van der Waals surface area contributed by atoms with Crippen LogP contribution >= 0.6 is 11.3 Å². The minimum absolute atomic E-state index is 0.410. The fourth-order valence-electron chi connectivity index (χ4n) is 2.03. The van der Waals surface area contributed by atoms with Crippen LogP contribution in [0.4, 0.5) is 0 Å². The average Bonchev–Trinajstić information content (AvgIpc) is 2.89. The summed E-state index contributed by atoms with van der Waals surface area (Å²) in [6.45, 7) is 5.51. The lowest BCUT2D eigenvalue weighted by Gasteiger charge is -2.14. The van der Waals surface area contributed by atoms with Crippen molar-refractivity contribution in [3.63, 3.8) is 0 Å². The van der Waals surface area contributed by atoms with Gasteiger partial charge in [-0.1, -0.05) is 33.1 Å². The minimum Gasteiger partial charge on any atom is -0.316 e. The van der Waals surface area contributed by atoms with Crippen molar-refractivity contribution < 1.29 is 8.42 Å². The lowest BCUT2D eigenvalue weighted by atomic mass is 10.00. The highest BCUT2D eigenvalue weighted by Crippen LogP contribution is 2.20. The molecule has 0 saturated heterocycles. The molecule has 1 rings (SSSR count). The zero-order valence-electron chi connectivity index (χ0n) is 12.6. The molecule has 1 aromatic rings. The Morgan fingerprint density at radius 3 is 2.70 bits per heavy atom. The smallest absolute Gasteiger partial charge is 0.250 e. The van der Waals surface area contributed by atoms with Gasteiger partial charge in [-0.15, -0.1) is 11.3 Å². The fourth-order valence-corrected chi connectivity index (χ4v) is 4.40. The van der Waals surface area contributed by atoms with Gasteiger partial charge in [0, 0.05) is 13.1 Å². The largest absolute Gasteiger partial charge is 0.316 e. The molecule has 0 aliphatic rings. The molecule has 20 heavy (non-hydrogen) atoms. The molecule has 0 amide bonds. The summed E-state index contributed by atoms with van der Waals surface area (Å²) < 4.78 is 27.6. The second kappa shape index (κ2) is 8.77. The van der Waals surface area contributed by atoms with E-state index in [1.54, 1.807) is 6.07 Å². The quantitative estimate of drug-likeness (QED) is 0.697. The van der Waals surface area contributed by atoms with Crippen molar-refractivity contribution in [3.8, 4) is 0 Å². The Labute approximate surface area is 127 Å². The maximum atomic E-state index is 12.2. The zero-order valence-corrected chi connectivity index (χ0v) is 14.2. The first kappa shape index (κ1) is 17.6. The summed E-state index contributed by atoms with van der Waals surface area (Å²) in [6.07, 6.45) is 4.41. The van der Waals surface area contributed by atoms with E-state index in [1.807, 2.05) is 12.4 Å². The first-order valence-corrected chi connectivity index (χ1v) is 9.61. The van der Waals surface area contributed by atoms with E-state index in [9.17, 15) is 8.42 Å². The average molecular weight is 319 g/mol. The van der Waals surface area contributed by atoms with Crippen LogP contribution in [0.25, 0.3) is 0 Å². The Morgan fingerprint density at radius 1 is 1.35 bits per heavy atom. The van der Waals surface area contributed by atoms with Crippen LogP contribution in [0.1, 0.15) is 45.1 Å². The van der Waals surface area contributed by atoms with Crippen LogP contribution in [-0.4, -0.2) is 22.0 Å². The predicted octanol–water partition coefficient (Wildman–Crippen LogP) is 2.96. The molecule has 116 valence electrons. The van der Waals surface area contributed by atoms with Crippen molar-refractivity contribution in [1.82, 2.24) is 10.0 Å².